The van der Waals surface area contributed by atoms with Gasteiger partial charge in [0.25, 0.3) is 0 Å². The smallest absolute Gasteiger partial charge is 0.240 e. The van der Waals surface area contributed by atoms with Gasteiger partial charge in [0.2, 0.25) is 15.9 Å². The molecule has 0 aliphatic rings. The number of rotatable bonds is 9. The summed E-state index contributed by atoms with van der Waals surface area (Å²) in [5, 5.41) is 16.3. The van der Waals surface area contributed by atoms with Gasteiger partial charge in [0, 0.05) is 18.7 Å². The van der Waals surface area contributed by atoms with Gasteiger partial charge in [-0.1, -0.05) is 35.5 Å². The van der Waals surface area contributed by atoms with Crippen molar-refractivity contribution >= 4 is 39.0 Å². The van der Waals surface area contributed by atoms with E-state index >= 15 is 0 Å². The molecule has 0 aliphatic carbocycles. The van der Waals surface area contributed by atoms with E-state index in [-0.39, 0.29) is 23.1 Å². The van der Waals surface area contributed by atoms with Gasteiger partial charge >= 0.3 is 0 Å². The number of carbonyl (C=O) groups is 1. The number of nitrogens with one attached hydrogen (secondary N) is 2. The summed E-state index contributed by atoms with van der Waals surface area (Å²) in [6, 6.07) is 16.1. The van der Waals surface area contributed by atoms with Gasteiger partial charge in [-0.3, -0.25) is 4.79 Å². The van der Waals surface area contributed by atoms with Crippen LogP contribution in [0, 0.1) is 20.8 Å². The maximum absolute atomic E-state index is 12.5. The average molecular weight is 511 g/mol. The number of fused-ring (bicyclic) bond motifs is 1. The third kappa shape index (κ3) is 6.44. The molecular weight excluding hydrogens is 484 g/mol. The molecule has 9 nitrogen and oxygen atoms in total. The molecule has 11 heteroatoms. The molecule has 0 unspecified atom stereocenters. The van der Waals surface area contributed by atoms with Crippen molar-refractivity contribution in [1.82, 2.24) is 24.5 Å². The zero-order valence-corrected chi connectivity index (χ0v) is 21.3. The highest BCUT2D eigenvalue weighted by Gasteiger charge is 2.15. The molecular formula is C24H26N6O3S2. The van der Waals surface area contributed by atoms with E-state index in [0.717, 1.165) is 22.4 Å². The monoisotopic (exact) mass is 510 g/mol. The lowest BCUT2D eigenvalue weighted by molar-refractivity contribution is -0.113. The Balaban J connectivity index is 1.36. The summed E-state index contributed by atoms with van der Waals surface area (Å²) >= 11 is 1.30. The van der Waals surface area contributed by atoms with Crippen LogP contribution >= 0.6 is 11.8 Å². The van der Waals surface area contributed by atoms with Gasteiger partial charge in [0.1, 0.15) is 5.03 Å². The van der Waals surface area contributed by atoms with Gasteiger partial charge in [-0.05, 0) is 68.3 Å². The number of hydrogen-bond acceptors (Lipinski definition) is 7. The Kier molecular flexibility index (Phi) is 7.48. The van der Waals surface area contributed by atoms with Gasteiger partial charge in [-0.15, -0.1) is 10.2 Å². The van der Waals surface area contributed by atoms with Crippen molar-refractivity contribution in [2.45, 2.75) is 37.1 Å². The first-order valence-electron chi connectivity index (χ1n) is 11.0. The number of anilines is 1. The van der Waals surface area contributed by atoms with Gasteiger partial charge in [0.15, 0.2) is 11.5 Å². The Bertz CT molecular complexity index is 1450. The van der Waals surface area contributed by atoms with Crippen LogP contribution in [0.4, 0.5) is 5.69 Å². The van der Waals surface area contributed by atoms with Gasteiger partial charge in [-0.2, -0.15) is 9.61 Å². The molecule has 2 aromatic heterocycles. The van der Waals surface area contributed by atoms with Crippen LogP contribution in [0.1, 0.15) is 22.5 Å². The maximum Gasteiger partial charge on any atom is 0.240 e. The second-order valence-corrected chi connectivity index (χ2v) is 11.0. The minimum Gasteiger partial charge on any atom is -0.325 e. The molecule has 35 heavy (non-hydrogen) atoms. The summed E-state index contributed by atoms with van der Waals surface area (Å²) in [4.78, 5) is 12.6. The normalized spacial score (nSPS) is 11.6. The molecule has 0 fully saturated rings. The number of aryl methyl sites for hydroxylation is 3. The number of sulfonamides is 1. The summed E-state index contributed by atoms with van der Waals surface area (Å²) in [6.07, 6.45) is 0.306. The Morgan fingerprint density at radius 3 is 2.37 bits per heavy atom. The van der Waals surface area contributed by atoms with Crippen LogP contribution in [-0.4, -0.2) is 46.4 Å². The number of hydrogen-bond donors (Lipinski definition) is 2. The number of benzene rings is 2. The molecule has 0 atom stereocenters. The summed E-state index contributed by atoms with van der Waals surface area (Å²) in [5.74, 6) is 0.587. The predicted octanol–water partition coefficient (Wildman–Crippen LogP) is 3.30. The molecule has 0 saturated heterocycles. The van der Waals surface area contributed by atoms with Crippen molar-refractivity contribution in [2.75, 3.05) is 17.6 Å². The Hall–Kier alpha value is -3.28. The van der Waals surface area contributed by atoms with Crippen LogP contribution in [0.5, 0.6) is 0 Å². The van der Waals surface area contributed by atoms with E-state index in [9.17, 15) is 13.2 Å². The summed E-state index contributed by atoms with van der Waals surface area (Å²) in [5.41, 5.74) is 4.47. The number of thioether (sulfide) groups is 1. The fraction of sp³-hybridized carbons (Fsp3) is 0.250. The fourth-order valence-corrected chi connectivity index (χ4v) is 5.22. The lowest BCUT2D eigenvalue weighted by Gasteiger charge is -2.08. The van der Waals surface area contributed by atoms with Crippen molar-refractivity contribution in [3.63, 3.8) is 0 Å². The summed E-state index contributed by atoms with van der Waals surface area (Å²) in [6.45, 7) is 6.02. The van der Waals surface area contributed by atoms with Crippen LogP contribution < -0.4 is 10.0 Å². The number of aromatic nitrogens is 4. The van der Waals surface area contributed by atoms with Crippen molar-refractivity contribution in [1.29, 1.82) is 0 Å². The second-order valence-electron chi connectivity index (χ2n) is 8.23. The van der Waals surface area contributed by atoms with E-state index in [1.54, 1.807) is 40.9 Å². The highest BCUT2D eigenvalue weighted by atomic mass is 32.2. The van der Waals surface area contributed by atoms with E-state index in [0.29, 0.717) is 22.9 Å². The highest BCUT2D eigenvalue weighted by molar-refractivity contribution is 7.99. The first-order valence-corrected chi connectivity index (χ1v) is 13.5. The van der Waals surface area contributed by atoms with Gasteiger partial charge < -0.3 is 5.32 Å². The second kappa shape index (κ2) is 10.5. The minimum absolute atomic E-state index is 0.128. The molecule has 0 saturated carbocycles. The third-order valence-electron chi connectivity index (χ3n) is 5.13. The van der Waals surface area contributed by atoms with Crippen LogP contribution in [0.15, 0.2) is 64.5 Å². The Labute approximate surface area is 208 Å². The largest absolute Gasteiger partial charge is 0.325 e. The van der Waals surface area contributed by atoms with Crippen molar-refractivity contribution in [3.8, 4) is 0 Å². The Morgan fingerprint density at radius 1 is 0.943 bits per heavy atom. The van der Waals surface area contributed by atoms with Crippen LogP contribution in [-0.2, 0) is 21.2 Å². The van der Waals surface area contributed by atoms with Crippen molar-refractivity contribution in [2.24, 2.45) is 0 Å². The predicted molar refractivity (Wildman–Crippen MR) is 136 cm³/mol. The van der Waals surface area contributed by atoms with E-state index in [1.807, 2.05) is 39.0 Å². The average Bonchev–Trinajstić information content (AvgIpc) is 3.19. The van der Waals surface area contributed by atoms with E-state index in [1.165, 1.54) is 11.8 Å². The molecule has 2 heterocycles. The van der Waals surface area contributed by atoms with Gasteiger partial charge in [0.05, 0.1) is 10.6 Å². The topological polar surface area (TPSA) is 118 Å². The quantitative estimate of drug-likeness (QED) is 0.332. The van der Waals surface area contributed by atoms with E-state index in [2.05, 4.69) is 25.3 Å². The van der Waals surface area contributed by atoms with Crippen molar-refractivity contribution < 1.29 is 13.2 Å². The lowest BCUT2D eigenvalue weighted by atomic mass is 10.1. The molecule has 4 rings (SSSR count). The number of nitrogens with zero attached hydrogens (tertiary/aromatic N) is 4. The molecule has 0 aliphatic heterocycles. The van der Waals surface area contributed by atoms with Gasteiger partial charge in [-0.25, -0.2) is 13.1 Å². The first-order chi connectivity index (χ1) is 16.7. The highest BCUT2D eigenvalue weighted by Crippen LogP contribution is 2.18. The zero-order chi connectivity index (χ0) is 25.0. The fourth-order valence-electron chi connectivity index (χ4n) is 3.53. The Morgan fingerprint density at radius 2 is 1.66 bits per heavy atom. The standard InChI is InChI=1S/C24H26N6O3S2/c1-16-4-6-20(7-5-16)35(32,33)25-11-10-22-28-27-21-8-9-24(29-30(21)22)34-15-23(31)26-19-13-17(2)12-18(3)14-19/h4-9,12-14,25H,10-11,15H2,1-3H3,(H,26,31). The molecule has 0 spiro atoms. The summed E-state index contributed by atoms with van der Waals surface area (Å²) < 4.78 is 29.2. The summed E-state index contributed by atoms with van der Waals surface area (Å²) in [7, 11) is -3.62. The first kappa shape index (κ1) is 24.8. The van der Waals surface area contributed by atoms with E-state index in [4.69, 9.17) is 0 Å². The lowest BCUT2D eigenvalue weighted by Crippen LogP contribution is -2.26. The van der Waals surface area contributed by atoms with Crippen LogP contribution in [0.25, 0.3) is 5.65 Å². The SMILES string of the molecule is Cc1ccc(S(=O)(=O)NCCc2nnc3ccc(SCC(=O)Nc4cc(C)cc(C)c4)nn23)cc1. The zero-order valence-electron chi connectivity index (χ0n) is 19.6. The number of carbonyl (C=O) groups excluding carboxylic acids is 1. The molecule has 1 amide bonds. The molecule has 2 N–H and O–H groups in total. The minimum atomic E-state index is -3.62. The maximum atomic E-state index is 12.5. The number of amides is 1. The molecule has 0 radical (unpaired) electrons. The van der Waals surface area contributed by atoms with Crippen molar-refractivity contribution in [3.05, 3.63) is 77.1 Å². The molecule has 0 bridgehead atoms. The molecule has 182 valence electrons. The molecule has 2 aromatic carbocycles. The third-order valence-corrected chi connectivity index (χ3v) is 7.53. The van der Waals surface area contributed by atoms with E-state index < -0.39 is 10.0 Å². The van der Waals surface area contributed by atoms with Crippen LogP contribution in [0.3, 0.4) is 0 Å². The molecule has 4 aromatic rings. The van der Waals surface area contributed by atoms with Crippen LogP contribution in [0.2, 0.25) is 0 Å².